The second-order valence-corrected chi connectivity index (χ2v) is 4.96. The van der Waals surface area contributed by atoms with Gasteiger partial charge >= 0.3 is 11.9 Å². The van der Waals surface area contributed by atoms with Crippen LogP contribution in [0.4, 0.5) is 0 Å². The maximum absolute atomic E-state index is 11.6. The molecule has 0 saturated carbocycles. The predicted molar refractivity (Wildman–Crippen MR) is 78.7 cm³/mol. The Morgan fingerprint density at radius 2 is 1.76 bits per heavy atom. The number of ether oxygens (including phenoxy) is 2. The minimum atomic E-state index is -0.751. The zero-order valence-electron chi connectivity index (χ0n) is 13.0. The topological polar surface area (TPSA) is 97.2 Å². The van der Waals surface area contributed by atoms with Gasteiger partial charge in [-0.1, -0.05) is 19.9 Å². The van der Waals surface area contributed by atoms with E-state index in [1.807, 2.05) is 0 Å². The highest BCUT2D eigenvalue weighted by molar-refractivity contribution is 6.14. The standard InChI is InChI=1S/C14H24N2O5/c1-14(2,10-16-15-7-5-6-8-17)9-11(12(18)20-3)13(19)21-4/h9-10,15,17H,5-8H2,1-4H3/b16-10-. The second kappa shape index (κ2) is 9.93. The largest absolute Gasteiger partial charge is 0.465 e. The molecule has 0 saturated heterocycles. The molecule has 0 radical (unpaired) electrons. The number of hydrogen-bond acceptors (Lipinski definition) is 7. The second-order valence-electron chi connectivity index (χ2n) is 4.96. The van der Waals surface area contributed by atoms with E-state index in [1.165, 1.54) is 20.3 Å². The number of carbonyl (C=O) groups is 2. The normalized spacial score (nSPS) is 11.1. The first kappa shape index (κ1) is 19.1. The van der Waals surface area contributed by atoms with Crippen LogP contribution in [0.1, 0.15) is 26.7 Å². The van der Waals surface area contributed by atoms with Gasteiger partial charge in [0.15, 0.2) is 0 Å². The summed E-state index contributed by atoms with van der Waals surface area (Å²) in [5.41, 5.74) is 2.03. The van der Waals surface area contributed by atoms with Crippen LogP contribution in [0.5, 0.6) is 0 Å². The molecular formula is C14H24N2O5. The fourth-order valence-electron chi connectivity index (χ4n) is 1.42. The van der Waals surface area contributed by atoms with Gasteiger partial charge in [-0.05, 0) is 12.8 Å². The van der Waals surface area contributed by atoms with Gasteiger partial charge in [-0.2, -0.15) is 5.10 Å². The lowest BCUT2D eigenvalue weighted by Gasteiger charge is -2.15. The monoisotopic (exact) mass is 300 g/mol. The molecule has 0 amide bonds. The van der Waals surface area contributed by atoms with Crippen LogP contribution in [0.15, 0.2) is 16.8 Å². The van der Waals surface area contributed by atoms with E-state index in [4.69, 9.17) is 5.11 Å². The maximum Gasteiger partial charge on any atom is 0.344 e. The highest BCUT2D eigenvalue weighted by Gasteiger charge is 2.24. The number of unbranched alkanes of at least 4 members (excludes halogenated alkanes) is 1. The van der Waals surface area contributed by atoms with Gasteiger partial charge in [0.25, 0.3) is 0 Å². The quantitative estimate of drug-likeness (QED) is 0.123. The van der Waals surface area contributed by atoms with Crippen molar-refractivity contribution in [1.29, 1.82) is 0 Å². The van der Waals surface area contributed by atoms with Crippen molar-refractivity contribution in [2.45, 2.75) is 26.7 Å². The SMILES string of the molecule is COC(=O)C(=CC(C)(C)/C=N\NCCCCO)C(=O)OC. The van der Waals surface area contributed by atoms with Gasteiger partial charge in [-0.25, -0.2) is 9.59 Å². The van der Waals surface area contributed by atoms with Crippen molar-refractivity contribution in [2.24, 2.45) is 10.5 Å². The first-order chi connectivity index (χ1) is 9.87. The molecule has 0 atom stereocenters. The van der Waals surface area contributed by atoms with Crippen LogP contribution in [-0.2, 0) is 19.1 Å². The van der Waals surface area contributed by atoms with Crippen LogP contribution < -0.4 is 5.43 Å². The van der Waals surface area contributed by atoms with Gasteiger partial charge in [0, 0.05) is 24.8 Å². The molecule has 2 N–H and O–H groups in total. The molecule has 0 aliphatic rings. The lowest BCUT2D eigenvalue weighted by atomic mass is 9.92. The fourth-order valence-corrected chi connectivity index (χ4v) is 1.42. The molecule has 0 aliphatic carbocycles. The Morgan fingerprint density at radius 1 is 1.19 bits per heavy atom. The molecule has 0 unspecified atom stereocenters. The highest BCUT2D eigenvalue weighted by Crippen LogP contribution is 2.18. The first-order valence-electron chi connectivity index (χ1n) is 6.65. The number of nitrogens with one attached hydrogen (secondary N) is 1. The van der Waals surface area contributed by atoms with Crippen LogP contribution in [-0.4, -0.2) is 50.6 Å². The van der Waals surface area contributed by atoms with E-state index in [9.17, 15) is 9.59 Å². The fraction of sp³-hybridized carbons (Fsp3) is 0.643. The number of aliphatic hydroxyl groups excluding tert-OH is 1. The third-order valence-electron chi connectivity index (χ3n) is 2.51. The Balaban J connectivity index is 4.77. The average molecular weight is 300 g/mol. The van der Waals surface area contributed by atoms with Gasteiger partial charge in [-0.15, -0.1) is 0 Å². The number of hydrogen-bond donors (Lipinski definition) is 2. The van der Waals surface area contributed by atoms with Crippen LogP contribution in [0.2, 0.25) is 0 Å². The lowest BCUT2D eigenvalue weighted by molar-refractivity contribution is -0.144. The van der Waals surface area contributed by atoms with Gasteiger partial charge in [0.05, 0.1) is 14.2 Å². The summed E-state index contributed by atoms with van der Waals surface area (Å²) in [7, 11) is 2.39. The predicted octanol–water partition coefficient (Wildman–Crippen LogP) is 0.633. The smallest absolute Gasteiger partial charge is 0.344 e. The van der Waals surface area contributed by atoms with E-state index in [1.54, 1.807) is 20.1 Å². The van der Waals surface area contributed by atoms with Crippen molar-refractivity contribution >= 4 is 18.2 Å². The Labute approximate surface area is 125 Å². The Kier molecular flexibility index (Phi) is 9.03. The molecule has 0 fully saturated rings. The van der Waals surface area contributed by atoms with Crippen molar-refractivity contribution in [3.05, 3.63) is 11.6 Å². The number of rotatable bonds is 9. The average Bonchev–Trinajstić information content (AvgIpc) is 2.46. The van der Waals surface area contributed by atoms with Crippen LogP contribution in [0, 0.1) is 5.41 Å². The summed E-state index contributed by atoms with van der Waals surface area (Å²) in [5, 5.41) is 12.7. The lowest BCUT2D eigenvalue weighted by Crippen LogP contribution is -2.21. The molecule has 0 aliphatic heterocycles. The van der Waals surface area contributed by atoms with Crippen LogP contribution in [0.3, 0.4) is 0 Å². The molecule has 120 valence electrons. The van der Waals surface area contributed by atoms with Crippen molar-refractivity contribution in [2.75, 3.05) is 27.4 Å². The molecule has 0 aromatic heterocycles. The minimum Gasteiger partial charge on any atom is -0.465 e. The molecule has 7 heteroatoms. The van der Waals surface area contributed by atoms with E-state index >= 15 is 0 Å². The third-order valence-corrected chi connectivity index (χ3v) is 2.51. The number of carbonyl (C=O) groups excluding carboxylic acids is 2. The van der Waals surface area contributed by atoms with Gasteiger partial charge in [0.2, 0.25) is 0 Å². The molecule has 7 nitrogen and oxygen atoms in total. The van der Waals surface area contributed by atoms with Crippen molar-refractivity contribution in [3.8, 4) is 0 Å². The van der Waals surface area contributed by atoms with Gasteiger partial charge in [-0.3, -0.25) is 0 Å². The molecular weight excluding hydrogens is 276 g/mol. The summed E-state index contributed by atoms with van der Waals surface area (Å²) < 4.78 is 9.12. The Morgan fingerprint density at radius 3 is 2.24 bits per heavy atom. The number of allylic oxidation sites excluding steroid dienone is 1. The number of hydrazone groups is 1. The highest BCUT2D eigenvalue weighted by atomic mass is 16.5. The summed E-state index contributed by atoms with van der Waals surface area (Å²) in [4.78, 5) is 23.1. The molecule has 0 rings (SSSR count). The first-order valence-corrected chi connectivity index (χ1v) is 6.65. The van der Waals surface area contributed by atoms with Crippen LogP contribution >= 0.6 is 0 Å². The summed E-state index contributed by atoms with van der Waals surface area (Å²) in [6.07, 6.45) is 4.54. The molecule has 0 aromatic rings. The molecule has 0 spiro atoms. The third kappa shape index (κ3) is 8.09. The number of aliphatic hydroxyl groups is 1. The molecule has 0 heterocycles. The number of nitrogens with zero attached hydrogens (tertiary/aromatic N) is 1. The Hall–Kier alpha value is -1.89. The van der Waals surface area contributed by atoms with E-state index < -0.39 is 17.4 Å². The summed E-state index contributed by atoms with van der Waals surface area (Å²) in [6.45, 7) is 4.37. The number of methoxy groups -OCH3 is 2. The summed E-state index contributed by atoms with van der Waals surface area (Å²) in [5.74, 6) is -1.50. The van der Waals surface area contributed by atoms with Gasteiger partial charge in [0.1, 0.15) is 5.57 Å². The summed E-state index contributed by atoms with van der Waals surface area (Å²) >= 11 is 0. The van der Waals surface area contributed by atoms with Crippen molar-refractivity contribution < 1.29 is 24.2 Å². The van der Waals surface area contributed by atoms with E-state index in [2.05, 4.69) is 20.0 Å². The van der Waals surface area contributed by atoms with Gasteiger partial charge < -0.3 is 20.0 Å². The van der Waals surface area contributed by atoms with E-state index in [-0.39, 0.29) is 12.2 Å². The summed E-state index contributed by atoms with van der Waals surface area (Å²) in [6, 6.07) is 0. The maximum atomic E-state index is 11.6. The van der Waals surface area contributed by atoms with E-state index in [0.717, 1.165) is 6.42 Å². The number of esters is 2. The van der Waals surface area contributed by atoms with Crippen molar-refractivity contribution in [1.82, 2.24) is 5.43 Å². The zero-order valence-corrected chi connectivity index (χ0v) is 13.0. The Bertz CT molecular complexity index is 384. The van der Waals surface area contributed by atoms with E-state index in [0.29, 0.717) is 13.0 Å². The molecule has 0 bridgehead atoms. The molecule has 0 aromatic carbocycles. The zero-order chi connectivity index (χ0) is 16.3. The minimum absolute atomic E-state index is 0.154. The molecule has 21 heavy (non-hydrogen) atoms. The van der Waals surface area contributed by atoms with Crippen LogP contribution in [0.25, 0.3) is 0 Å². The van der Waals surface area contributed by atoms with Crippen molar-refractivity contribution in [3.63, 3.8) is 0 Å².